The van der Waals surface area contributed by atoms with Gasteiger partial charge in [0.2, 0.25) is 0 Å². The van der Waals surface area contributed by atoms with Gasteiger partial charge in [-0.3, -0.25) is 0 Å². The lowest BCUT2D eigenvalue weighted by atomic mass is 9.85. The molecule has 2 unspecified atom stereocenters. The summed E-state index contributed by atoms with van der Waals surface area (Å²) in [5.74, 6) is 0.895. The van der Waals surface area contributed by atoms with Crippen molar-refractivity contribution in [1.29, 1.82) is 5.26 Å². The average Bonchev–Trinajstić information content (AvgIpc) is 2.38. The van der Waals surface area contributed by atoms with E-state index >= 15 is 0 Å². The molecule has 1 rings (SSSR count). The van der Waals surface area contributed by atoms with E-state index in [1.807, 2.05) is 14.0 Å². The number of nitrogens with zero attached hydrogens (tertiary/aromatic N) is 2. The molecule has 0 bridgehead atoms. The minimum atomic E-state index is -0.407. The van der Waals surface area contributed by atoms with Crippen LogP contribution in [-0.2, 0) is 0 Å². The van der Waals surface area contributed by atoms with Crippen LogP contribution in [-0.4, -0.2) is 36.6 Å². The molecule has 1 aliphatic carbocycles. The topological polar surface area (TPSA) is 39.1 Å². The molecule has 0 heterocycles. The fourth-order valence-corrected chi connectivity index (χ4v) is 2.95. The van der Waals surface area contributed by atoms with E-state index in [0.717, 1.165) is 12.3 Å². The van der Waals surface area contributed by atoms with E-state index in [2.05, 4.69) is 37.2 Å². The summed E-state index contributed by atoms with van der Waals surface area (Å²) >= 11 is 0. The van der Waals surface area contributed by atoms with Crippen molar-refractivity contribution >= 4 is 0 Å². The third kappa shape index (κ3) is 3.96. The molecule has 0 aliphatic heterocycles. The van der Waals surface area contributed by atoms with Gasteiger partial charge in [-0.25, -0.2) is 0 Å². The van der Waals surface area contributed by atoms with Crippen molar-refractivity contribution in [3.63, 3.8) is 0 Å². The predicted octanol–water partition coefficient (Wildman–Crippen LogP) is 2.78. The van der Waals surface area contributed by atoms with E-state index in [-0.39, 0.29) is 0 Å². The van der Waals surface area contributed by atoms with E-state index in [1.54, 1.807) is 0 Å². The van der Waals surface area contributed by atoms with Gasteiger partial charge in [0.1, 0.15) is 5.54 Å². The SMILES string of the molecule is CNC(C)(C#N)CC(C)N(C)C1CCC(C)CC1. The Kier molecular flexibility index (Phi) is 5.62. The lowest BCUT2D eigenvalue weighted by molar-refractivity contribution is 0.115. The third-order valence-electron chi connectivity index (χ3n) is 4.76. The summed E-state index contributed by atoms with van der Waals surface area (Å²) in [6.07, 6.45) is 6.20. The van der Waals surface area contributed by atoms with E-state index in [0.29, 0.717) is 12.1 Å². The van der Waals surface area contributed by atoms with Crippen LogP contribution in [0.3, 0.4) is 0 Å². The van der Waals surface area contributed by atoms with Gasteiger partial charge in [-0.1, -0.05) is 6.92 Å². The maximum atomic E-state index is 9.23. The predicted molar refractivity (Wildman–Crippen MR) is 76.3 cm³/mol. The molecule has 0 saturated heterocycles. The average molecular weight is 251 g/mol. The van der Waals surface area contributed by atoms with Crippen molar-refractivity contribution in [2.75, 3.05) is 14.1 Å². The van der Waals surface area contributed by atoms with E-state index in [1.165, 1.54) is 25.7 Å². The van der Waals surface area contributed by atoms with Crippen LogP contribution < -0.4 is 5.32 Å². The maximum absolute atomic E-state index is 9.23. The normalized spacial score (nSPS) is 29.6. The van der Waals surface area contributed by atoms with Crippen LogP contribution >= 0.6 is 0 Å². The Morgan fingerprint density at radius 1 is 1.39 bits per heavy atom. The zero-order chi connectivity index (χ0) is 13.8. The number of hydrogen-bond acceptors (Lipinski definition) is 3. The first-order chi connectivity index (χ1) is 8.41. The lowest BCUT2D eigenvalue weighted by Crippen LogP contribution is -2.48. The molecule has 1 saturated carbocycles. The molecule has 1 N–H and O–H groups in total. The third-order valence-corrected chi connectivity index (χ3v) is 4.76. The number of hydrogen-bond donors (Lipinski definition) is 1. The van der Waals surface area contributed by atoms with Crippen molar-refractivity contribution in [1.82, 2.24) is 10.2 Å². The highest BCUT2D eigenvalue weighted by Crippen LogP contribution is 2.28. The first-order valence-corrected chi connectivity index (χ1v) is 7.24. The van der Waals surface area contributed by atoms with Gasteiger partial charge in [-0.2, -0.15) is 5.26 Å². The first-order valence-electron chi connectivity index (χ1n) is 7.24. The first kappa shape index (κ1) is 15.5. The summed E-state index contributed by atoms with van der Waals surface area (Å²) in [6, 6.07) is 3.54. The molecule has 0 amide bonds. The van der Waals surface area contributed by atoms with Gasteiger partial charge in [0.25, 0.3) is 0 Å². The molecular formula is C15H29N3. The molecule has 0 aromatic heterocycles. The number of rotatable bonds is 5. The van der Waals surface area contributed by atoms with Crippen molar-refractivity contribution in [2.24, 2.45) is 5.92 Å². The molecular weight excluding hydrogens is 222 g/mol. The van der Waals surface area contributed by atoms with Gasteiger partial charge in [0, 0.05) is 12.1 Å². The minimum absolute atomic E-state index is 0.407. The Hall–Kier alpha value is -0.590. The van der Waals surface area contributed by atoms with Crippen LogP contribution in [0.15, 0.2) is 0 Å². The van der Waals surface area contributed by atoms with Crippen LogP contribution in [0.1, 0.15) is 52.9 Å². The zero-order valence-corrected chi connectivity index (χ0v) is 12.7. The number of nitriles is 1. The quantitative estimate of drug-likeness (QED) is 0.816. The van der Waals surface area contributed by atoms with Crippen molar-refractivity contribution in [2.45, 2.75) is 70.5 Å². The summed E-state index contributed by atoms with van der Waals surface area (Å²) in [5.41, 5.74) is -0.407. The second-order valence-corrected chi connectivity index (χ2v) is 6.33. The molecule has 1 aliphatic rings. The Bertz CT molecular complexity index is 289. The van der Waals surface area contributed by atoms with Gasteiger partial charge in [-0.05, 0) is 66.0 Å². The second-order valence-electron chi connectivity index (χ2n) is 6.33. The van der Waals surface area contributed by atoms with Crippen LogP contribution in [0.2, 0.25) is 0 Å². The molecule has 0 radical (unpaired) electrons. The van der Waals surface area contributed by atoms with Gasteiger partial charge in [0.05, 0.1) is 6.07 Å². The van der Waals surface area contributed by atoms with E-state index < -0.39 is 5.54 Å². The smallest absolute Gasteiger partial charge is 0.105 e. The molecule has 0 aromatic carbocycles. The molecule has 3 nitrogen and oxygen atoms in total. The molecule has 18 heavy (non-hydrogen) atoms. The maximum Gasteiger partial charge on any atom is 0.105 e. The fourth-order valence-electron chi connectivity index (χ4n) is 2.95. The second kappa shape index (κ2) is 6.54. The molecule has 0 spiro atoms. The Balaban J connectivity index is 2.51. The van der Waals surface area contributed by atoms with Crippen LogP contribution in [0, 0.1) is 17.2 Å². The van der Waals surface area contributed by atoms with E-state index in [9.17, 15) is 5.26 Å². The van der Waals surface area contributed by atoms with E-state index in [4.69, 9.17) is 0 Å². The molecule has 0 aromatic rings. The summed E-state index contributed by atoms with van der Waals surface area (Å²) < 4.78 is 0. The summed E-state index contributed by atoms with van der Waals surface area (Å²) in [6.45, 7) is 6.58. The standard InChI is InChI=1S/C15H29N3/c1-12-6-8-14(9-7-12)18(5)13(2)10-15(3,11-16)17-4/h12-14,17H,6-10H2,1-5H3. The van der Waals surface area contributed by atoms with Gasteiger partial charge >= 0.3 is 0 Å². The Labute approximate surface area is 113 Å². The fraction of sp³-hybridized carbons (Fsp3) is 0.933. The largest absolute Gasteiger partial charge is 0.303 e. The molecule has 104 valence electrons. The monoisotopic (exact) mass is 251 g/mol. The van der Waals surface area contributed by atoms with Crippen molar-refractivity contribution in [3.05, 3.63) is 0 Å². The van der Waals surface area contributed by atoms with Crippen molar-refractivity contribution < 1.29 is 0 Å². The minimum Gasteiger partial charge on any atom is -0.303 e. The van der Waals surface area contributed by atoms with Gasteiger partial charge in [0.15, 0.2) is 0 Å². The van der Waals surface area contributed by atoms with Crippen LogP contribution in [0.25, 0.3) is 0 Å². The van der Waals surface area contributed by atoms with Gasteiger partial charge < -0.3 is 10.2 Å². The highest BCUT2D eigenvalue weighted by atomic mass is 15.2. The highest BCUT2D eigenvalue weighted by molar-refractivity contribution is 5.04. The zero-order valence-electron chi connectivity index (χ0n) is 12.7. The van der Waals surface area contributed by atoms with Gasteiger partial charge in [-0.15, -0.1) is 0 Å². The highest BCUT2D eigenvalue weighted by Gasteiger charge is 2.30. The summed E-state index contributed by atoms with van der Waals surface area (Å²) in [4.78, 5) is 2.48. The summed E-state index contributed by atoms with van der Waals surface area (Å²) in [5, 5.41) is 12.4. The lowest BCUT2D eigenvalue weighted by Gasteiger charge is -2.39. The Morgan fingerprint density at radius 3 is 2.39 bits per heavy atom. The van der Waals surface area contributed by atoms with Crippen molar-refractivity contribution in [3.8, 4) is 6.07 Å². The molecule has 3 heteroatoms. The number of nitrogens with one attached hydrogen (secondary N) is 1. The summed E-state index contributed by atoms with van der Waals surface area (Å²) in [7, 11) is 4.09. The van der Waals surface area contributed by atoms with Crippen LogP contribution in [0.4, 0.5) is 0 Å². The molecule has 1 fully saturated rings. The Morgan fingerprint density at radius 2 is 1.94 bits per heavy atom. The molecule has 2 atom stereocenters. The van der Waals surface area contributed by atoms with Crippen LogP contribution in [0.5, 0.6) is 0 Å².